The summed E-state index contributed by atoms with van der Waals surface area (Å²) in [7, 11) is 0. The molecule has 0 aliphatic heterocycles. The lowest BCUT2D eigenvalue weighted by atomic mass is 10.1. The van der Waals surface area contributed by atoms with Gasteiger partial charge in [-0.1, -0.05) is 70.1 Å². The molecule has 1 heterocycles. The van der Waals surface area contributed by atoms with Crippen molar-refractivity contribution < 1.29 is 14.2 Å². The van der Waals surface area contributed by atoms with Crippen LogP contribution < -0.4 is 19.8 Å². The van der Waals surface area contributed by atoms with Crippen molar-refractivity contribution in [2.75, 3.05) is 19.8 Å². The van der Waals surface area contributed by atoms with E-state index in [9.17, 15) is 4.79 Å². The Kier molecular flexibility index (Phi) is 14.7. The first-order chi connectivity index (χ1) is 18.4. The Morgan fingerprint density at radius 1 is 0.816 bits per heavy atom. The predicted octanol–water partition coefficient (Wildman–Crippen LogP) is 9.01. The summed E-state index contributed by atoms with van der Waals surface area (Å²) in [4.78, 5) is 13.8. The molecular formula is C33H51NO4. The van der Waals surface area contributed by atoms with Crippen molar-refractivity contribution in [1.82, 2.24) is 4.57 Å². The topological polar surface area (TPSA) is 49.7 Å². The molecule has 5 heteroatoms. The highest BCUT2D eigenvalue weighted by Crippen LogP contribution is 2.35. The number of hydrogen-bond donors (Lipinski definition) is 0. The maximum Gasteiger partial charge on any atom is 0.297 e. The van der Waals surface area contributed by atoms with E-state index < -0.39 is 0 Å². The summed E-state index contributed by atoms with van der Waals surface area (Å²) in [6.07, 6.45) is 14.7. The highest BCUT2D eigenvalue weighted by molar-refractivity contribution is 5.89. The minimum absolute atomic E-state index is 0.108. The maximum absolute atomic E-state index is 13.8. The van der Waals surface area contributed by atoms with E-state index in [0.717, 1.165) is 74.4 Å². The van der Waals surface area contributed by atoms with Crippen LogP contribution in [0.4, 0.5) is 0 Å². The second-order valence-electron chi connectivity index (χ2n) is 10.4. The summed E-state index contributed by atoms with van der Waals surface area (Å²) in [5, 5.41) is 0.906. The highest BCUT2D eigenvalue weighted by Gasteiger charge is 2.20. The first-order valence-corrected chi connectivity index (χ1v) is 14.8. The van der Waals surface area contributed by atoms with Crippen molar-refractivity contribution in [2.45, 2.75) is 112 Å². The van der Waals surface area contributed by atoms with Gasteiger partial charge in [0.05, 0.1) is 18.7 Å². The van der Waals surface area contributed by atoms with Crippen molar-refractivity contribution in [1.29, 1.82) is 0 Å². The number of hydrogen-bond acceptors (Lipinski definition) is 4. The third kappa shape index (κ3) is 10.2. The fourth-order valence-electron chi connectivity index (χ4n) is 4.27. The molecular weight excluding hydrogens is 474 g/mol. The summed E-state index contributed by atoms with van der Waals surface area (Å²) < 4.78 is 20.3. The zero-order valence-corrected chi connectivity index (χ0v) is 24.9. The number of rotatable bonds is 19. The number of aryl methyl sites for hydroxylation is 1. The summed E-state index contributed by atoms with van der Waals surface area (Å²) in [5.74, 6) is 1.67. The average Bonchev–Trinajstić information content (AvgIpc) is 2.89. The standard InChI is InChI=1S/C33H51NO4/c1-7-10-13-14-21-34-30-25-28(36-24-20-27(6)17-15-16-26(4)5)18-19-29(30)31(37-22-11-8-2)32(33(34)35)38-23-12-9-3/h16,18-20,25H,7-15,17,21-24H2,1-6H3/b27-20+. The molecule has 38 heavy (non-hydrogen) atoms. The molecule has 0 aliphatic carbocycles. The average molecular weight is 526 g/mol. The molecule has 0 bridgehead atoms. The lowest BCUT2D eigenvalue weighted by molar-refractivity contribution is 0.259. The quantitative estimate of drug-likeness (QED) is 0.136. The third-order valence-electron chi connectivity index (χ3n) is 6.65. The van der Waals surface area contributed by atoms with Crippen LogP contribution in [0.5, 0.6) is 17.2 Å². The Bertz CT molecular complexity index is 1090. The highest BCUT2D eigenvalue weighted by atomic mass is 16.5. The molecule has 0 radical (unpaired) electrons. The molecule has 0 spiro atoms. The zero-order valence-electron chi connectivity index (χ0n) is 24.9. The molecule has 0 fully saturated rings. The van der Waals surface area contributed by atoms with Crippen LogP contribution in [0, 0.1) is 0 Å². The minimum Gasteiger partial charge on any atom is -0.489 e. The fourth-order valence-corrected chi connectivity index (χ4v) is 4.27. The van der Waals surface area contributed by atoms with Crippen LogP contribution in [0.2, 0.25) is 0 Å². The number of pyridine rings is 1. The van der Waals surface area contributed by atoms with Gasteiger partial charge in [0.15, 0.2) is 5.75 Å². The molecule has 0 unspecified atom stereocenters. The number of benzene rings is 1. The van der Waals surface area contributed by atoms with Crippen LogP contribution in [-0.4, -0.2) is 24.4 Å². The van der Waals surface area contributed by atoms with E-state index >= 15 is 0 Å². The van der Waals surface area contributed by atoms with Gasteiger partial charge in [-0.05, 0) is 71.1 Å². The van der Waals surface area contributed by atoms with Crippen molar-refractivity contribution in [3.63, 3.8) is 0 Å². The summed E-state index contributed by atoms with van der Waals surface area (Å²) >= 11 is 0. The molecule has 0 saturated carbocycles. The Morgan fingerprint density at radius 2 is 1.50 bits per heavy atom. The molecule has 0 saturated heterocycles. The largest absolute Gasteiger partial charge is 0.489 e. The molecule has 2 aromatic rings. The lowest BCUT2D eigenvalue weighted by Gasteiger charge is -2.19. The Labute approximate surface area is 230 Å². The maximum atomic E-state index is 13.8. The van der Waals surface area contributed by atoms with Crippen molar-refractivity contribution in [3.8, 4) is 17.2 Å². The molecule has 0 N–H and O–H groups in total. The predicted molar refractivity (Wildman–Crippen MR) is 161 cm³/mol. The lowest BCUT2D eigenvalue weighted by Crippen LogP contribution is -2.24. The van der Waals surface area contributed by atoms with Crippen LogP contribution >= 0.6 is 0 Å². The van der Waals surface area contributed by atoms with Crippen LogP contribution in [0.3, 0.4) is 0 Å². The first kappa shape index (κ1) is 31.5. The van der Waals surface area contributed by atoms with Crippen molar-refractivity contribution in [3.05, 3.63) is 51.9 Å². The van der Waals surface area contributed by atoms with E-state index in [2.05, 4.69) is 53.7 Å². The van der Waals surface area contributed by atoms with Crippen LogP contribution in [0.15, 0.2) is 46.3 Å². The minimum atomic E-state index is -0.108. The van der Waals surface area contributed by atoms with Crippen LogP contribution in [-0.2, 0) is 6.54 Å². The molecule has 212 valence electrons. The second-order valence-corrected chi connectivity index (χ2v) is 10.4. The van der Waals surface area contributed by atoms with Gasteiger partial charge in [0.25, 0.3) is 5.56 Å². The summed E-state index contributed by atoms with van der Waals surface area (Å²) in [6.45, 7) is 15.1. The van der Waals surface area contributed by atoms with E-state index in [4.69, 9.17) is 14.2 Å². The third-order valence-corrected chi connectivity index (χ3v) is 6.65. The number of unbranched alkanes of at least 4 members (excludes halogenated alkanes) is 5. The molecule has 2 rings (SSSR count). The molecule has 1 aromatic carbocycles. The SMILES string of the molecule is CCCCCCn1c(=O)c(OCCCC)c(OCCCC)c2ccc(OC/C=C(\C)CCC=C(C)C)cc21. The van der Waals surface area contributed by atoms with Gasteiger partial charge in [0, 0.05) is 18.0 Å². The molecule has 0 amide bonds. The smallest absolute Gasteiger partial charge is 0.297 e. The number of nitrogens with zero attached hydrogens (tertiary/aromatic N) is 1. The van der Waals surface area contributed by atoms with Crippen LogP contribution in [0.1, 0.15) is 106 Å². The van der Waals surface area contributed by atoms with Gasteiger partial charge < -0.3 is 18.8 Å². The fraction of sp³-hybridized carbons (Fsp3) is 0.606. The number of fused-ring (bicyclic) bond motifs is 1. The van der Waals surface area contributed by atoms with Crippen molar-refractivity contribution in [2.24, 2.45) is 0 Å². The van der Waals surface area contributed by atoms with E-state index in [1.807, 2.05) is 22.8 Å². The van der Waals surface area contributed by atoms with Gasteiger partial charge in [0.2, 0.25) is 5.75 Å². The van der Waals surface area contributed by atoms with Gasteiger partial charge in [-0.2, -0.15) is 0 Å². The molecule has 0 atom stereocenters. The molecule has 1 aromatic heterocycles. The van der Waals surface area contributed by atoms with Crippen LogP contribution in [0.25, 0.3) is 10.9 Å². The van der Waals surface area contributed by atoms with E-state index in [0.29, 0.717) is 37.9 Å². The van der Waals surface area contributed by atoms with Gasteiger partial charge in [0.1, 0.15) is 12.4 Å². The van der Waals surface area contributed by atoms with Gasteiger partial charge in [-0.25, -0.2) is 0 Å². The molecule has 0 aliphatic rings. The molecule has 5 nitrogen and oxygen atoms in total. The number of ether oxygens (including phenoxy) is 3. The monoisotopic (exact) mass is 525 g/mol. The van der Waals surface area contributed by atoms with E-state index in [-0.39, 0.29) is 5.56 Å². The normalized spacial score (nSPS) is 11.6. The Balaban J connectivity index is 2.42. The van der Waals surface area contributed by atoms with Gasteiger partial charge >= 0.3 is 0 Å². The Morgan fingerprint density at radius 3 is 2.16 bits per heavy atom. The second kappa shape index (κ2) is 17.8. The van der Waals surface area contributed by atoms with Gasteiger partial charge in [-0.15, -0.1) is 0 Å². The number of allylic oxidation sites excluding steroid dienone is 3. The van der Waals surface area contributed by atoms with Gasteiger partial charge in [-0.3, -0.25) is 4.79 Å². The van der Waals surface area contributed by atoms with Crippen molar-refractivity contribution >= 4 is 10.9 Å². The summed E-state index contributed by atoms with van der Waals surface area (Å²) in [6, 6.07) is 5.99. The van der Waals surface area contributed by atoms with E-state index in [1.165, 1.54) is 17.6 Å². The first-order valence-electron chi connectivity index (χ1n) is 14.8. The number of aromatic nitrogens is 1. The summed E-state index contributed by atoms with van der Waals surface area (Å²) in [5.41, 5.74) is 3.41. The zero-order chi connectivity index (χ0) is 27.8. The van der Waals surface area contributed by atoms with E-state index in [1.54, 1.807) is 0 Å². The Hall–Kier alpha value is -2.69.